The van der Waals surface area contributed by atoms with Gasteiger partial charge in [0.05, 0.1) is 11.5 Å². The topological polar surface area (TPSA) is 37.3 Å². The zero-order chi connectivity index (χ0) is 11.6. The second-order valence-electron chi connectivity index (χ2n) is 4.86. The van der Waals surface area contributed by atoms with Crippen LogP contribution >= 0.6 is 0 Å². The lowest BCUT2D eigenvalue weighted by molar-refractivity contribution is -0.138. The number of carbonyl (C=O) groups excluding carboxylic acids is 1. The summed E-state index contributed by atoms with van der Waals surface area (Å²) >= 11 is 0. The van der Waals surface area contributed by atoms with Crippen molar-refractivity contribution in [1.82, 2.24) is 0 Å². The van der Waals surface area contributed by atoms with Gasteiger partial charge in [0, 0.05) is 6.42 Å². The molecule has 2 rings (SSSR count). The zero-order valence-electron chi connectivity index (χ0n) is 9.65. The van der Waals surface area contributed by atoms with E-state index in [9.17, 15) is 9.90 Å². The molecule has 0 aliphatic heterocycles. The van der Waals surface area contributed by atoms with Crippen molar-refractivity contribution in [3.8, 4) is 0 Å². The van der Waals surface area contributed by atoms with E-state index in [1.54, 1.807) is 0 Å². The molecule has 2 atom stereocenters. The number of aliphatic hydroxyl groups excluding tert-OH is 1. The quantitative estimate of drug-likeness (QED) is 0.828. The monoisotopic (exact) mass is 218 g/mol. The highest BCUT2D eigenvalue weighted by molar-refractivity contribution is 5.85. The van der Waals surface area contributed by atoms with Crippen molar-refractivity contribution in [2.24, 2.45) is 5.41 Å². The maximum absolute atomic E-state index is 12.0. The van der Waals surface area contributed by atoms with Gasteiger partial charge in [-0.15, -0.1) is 0 Å². The first kappa shape index (κ1) is 11.3. The SMILES string of the molecule is C[C@]1([C@@H](O)c2ccccc2)CCCCC1=O. The molecule has 1 aliphatic rings. The van der Waals surface area contributed by atoms with E-state index < -0.39 is 11.5 Å². The van der Waals surface area contributed by atoms with Gasteiger partial charge in [-0.05, 0) is 25.3 Å². The lowest BCUT2D eigenvalue weighted by Gasteiger charge is -2.36. The van der Waals surface area contributed by atoms with Crippen LogP contribution < -0.4 is 0 Å². The van der Waals surface area contributed by atoms with Crippen molar-refractivity contribution < 1.29 is 9.90 Å². The molecule has 0 radical (unpaired) electrons. The highest BCUT2D eigenvalue weighted by atomic mass is 16.3. The average Bonchev–Trinajstić information content (AvgIpc) is 2.33. The van der Waals surface area contributed by atoms with Crippen molar-refractivity contribution in [3.63, 3.8) is 0 Å². The highest BCUT2D eigenvalue weighted by Gasteiger charge is 2.41. The van der Waals surface area contributed by atoms with Gasteiger partial charge in [0.1, 0.15) is 5.78 Å². The lowest BCUT2D eigenvalue weighted by Crippen LogP contribution is -2.37. The predicted molar refractivity (Wildman–Crippen MR) is 63.0 cm³/mol. The van der Waals surface area contributed by atoms with Crippen LogP contribution in [0.5, 0.6) is 0 Å². The van der Waals surface area contributed by atoms with E-state index in [4.69, 9.17) is 0 Å². The van der Waals surface area contributed by atoms with Crippen molar-refractivity contribution in [1.29, 1.82) is 0 Å². The summed E-state index contributed by atoms with van der Waals surface area (Å²) in [7, 11) is 0. The van der Waals surface area contributed by atoms with Gasteiger partial charge in [-0.25, -0.2) is 0 Å². The number of ketones is 1. The number of hydrogen-bond donors (Lipinski definition) is 1. The van der Waals surface area contributed by atoms with Crippen LogP contribution in [0.4, 0.5) is 0 Å². The normalized spacial score (nSPS) is 27.8. The Morgan fingerprint density at radius 1 is 1.25 bits per heavy atom. The molecule has 1 aromatic rings. The third-order valence-corrected chi connectivity index (χ3v) is 3.71. The van der Waals surface area contributed by atoms with Gasteiger partial charge in [0.25, 0.3) is 0 Å². The van der Waals surface area contributed by atoms with E-state index in [-0.39, 0.29) is 5.78 Å². The fourth-order valence-corrected chi connectivity index (χ4v) is 2.50. The van der Waals surface area contributed by atoms with E-state index in [2.05, 4.69) is 0 Å². The maximum Gasteiger partial charge on any atom is 0.141 e. The molecular weight excluding hydrogens is 200 g/mol. The molecule has 16 heavy (non-hydrogen) atoms. The van der Waals surface area contributed by atoms with E-state index in [1.165, 1.54) is 0 Å². The summed E-state index contributed by atoms with van der Waals surface area (Å²) in [6.07, 6.45) is 2.74. The Hall–Kier alpha value is -1.15. The van der Waals surface area contributed by atoms with Gasteiger partial charge in [-0.1, -0.05) is 36.8 Å². The van der Waals surface area contributed by atoms with Crippen LogP contribution in [0.15, 0.2) is 30.3 Å². The first-order chi connectivity index (χ1) is 7.64. The molecule has 0 saturated heterocycles. The fraction of sp³-hybridized carbons (Fsp3) is 0.500. The van der Waals surface area contributed by atoms with Crippen LogP contribution in [0.1, 0.15) is 44.3 Å². The fourth-order valence-electron chi connectivity index (χ4n) is 2.50. The molecule has 2 nitrogen and oxygen atoms in total. The smallest absolute Gasteiger partial charge is 0.141 e. The number of hydrogen-bond acceptors (Lipinski definition) is 2. The Morgan fingerprint density at radius 2 is 1.94 bits per heavy atom. The lowest BCUT2D eigenvalue weighted by atomic mass is 9.69. The second-order valence-corrected chi connectivity index (χ2v) is 4.86. The average molecular weight is 218 g/mol. The molecule has 1 fully saturated rings. The number of Topliss-reactive ketones (excluding diaryl/α,β-unsaturated/α-hetero) is 1. The summed E-state index contributed by atoms with van der Waals surface area (Å²) < 4.78 is 0. The molecule has 1 N–H and O–H groups in total. The first-order valence-electron chi connectivity index (χ1n) is 5.91. The minimum Gasteiger partial charge on any atom is -0.387 e. The third kappa shape index (κ3) is 1.90. The van der Waals surface area contributed by atoms with Crippen LogP contribution in [0.3, 0.4) is 0 Å². The Labute approximate surface area is 96.3 Å². The largest absolute Gasteiger partial charge is 0.387 e. The molecule has 0 amide bonds. The van der Waals surface area contributed by atoms with Crippen LogP contribution in [0, 0.1) is 5.41 Å². The molecule has 0 heterocycles. The molecule has 86 valence electrons. The van der Waals surface area contributed by atoms with E-state index in [0.29, 0.717) is 6.42 Å². The molecular formula is C14H18O2. The number of benzene rings is 1. The van der Waals surface area contributed by atoms with Crippen molar-refractivity contribution in [2.45, 2.75) is 38.7 Å². The maximum atomic E-state index is 12.0. The molecule has 0 aromatic heterocycles. The molecule has 0 bridgehead atoms. The molecule has 1 saturated carbocycles. The Morgan fingerprint density at radius 3 is 2.56 bits per heavy atom. The first-order valence-corrected chi connectivity index (χ1v) is 5.91. The van der Waals surface area contributed by atoms with Crippen molar-refractivity contribution >= 4 is 5.78 Å². The van der Waals surface area contributed by atoms with Crippen LogP contribution in [0.2, 0.25) is 0 Å². The minimum atomic E-state index is -0.665. The molecule has 0 spiro atoms. The molecule has 0 unspecified atom stereocenters. The van der Waals surface area contributed by atoms with Crippen molar-refractivity contribution in [2.75, 3.05) is 0 Å². The summed E-state index contributed by atoms with van der Waals surface area (Å²) in [6, 6.07) is 9.49. The van der Waals surface area contributed by atoms with Gasteiger partial charge in [0.15, 0.2) is 0 Å². The molecule has 1 aliphatic carbocycles. The summed E-state index contributed by atoms with van der Waals surface area (Å²) in [4.78, 5) is 12.0. The summed E-state index contributed by atoms with van der Waals surface area (Å²) in [5, 5.41) is 10.4. The minimum absolute atomic E-state index is 0.204. The summed E-state index contributed by atoms with van der Waals surface area (Å²) in [5.74, 6) is 0.204. The van der Waals surface area contributed by atoms with Gasteiger partial charge >= 0.3 is 0 Å². The van der Waals surface area contributed by atoms with Gasteiger partial charge in [0.2, 0.25) is 0 Å². The Balaban J connectivity index is 2.26. The number of carbonyl (C=O) groups is 1. The summed E-state index contributed by atoms with van der Waals surface area (Å²) in [6.45, 7) is 1.90. The number of aliphatic hydroxyl groups is 1. The van der Waals surface area contributed by atoms with Crippen LogP contribution in [-0.4, -0.2) is 10.9 Å². The Kier molecular flexibility index (Phi) is 3.10. The standard InChI is InChI=1S/C14H18O2/c1-14(10-6-5-9-12(14)15)13(16)11-7-3-2-4-8-11/h2-4,7-8,13,16H,5-6,9-10H2,1H3/t13-,14-/m0/s1. The van der Waals surface area contributed by atoms with E-state index in [1.807, 2.05) is 37.3 Å². The predicted octanol–water partition coefficient (Wildman–Crippen LogP) is 2.87. The van der Waals surface area contributed by atoms with E-state index in [0.717, 1.165) is 24.8 Å². The second kappa shape index (κ2) is 4.38. The number of rotatable bonds is 2. The zero-order valence-corrected chi connectivity index (χ0v) is 9.65. The van der Waals surface area contributed by atoms with Gasteiger partial charge in [-0.3, -0.25) is 4.79 Å². The highest BCUT2D eigenvalue weighted by Crippen LogP contribution is 2.43. The molecule has 1 aromatic carbocycles. The van der Waals surface area contributed by atoms with Crippen molar-refractivity contribution in [3.05, 3.63) is 35.9 Å². The third-order valence-electron chi connectivity index (χ3n) is 3.71. The Bertz CT molecular complexity index is 372. The summed E-state index contributed by atoms with van der Waals surface area (Å²) in [5.41, 5.74) is 0.264. The van der Waals surface area contributed by atoms with Gasteiger partial charge in [-0.2, -0.15) is 0 Å². The molecule has 2 heteroatoms. The van der Waals surface area contributed by atoms with Crippen LogP contribution in [0.25, 0.3) is 0 Å². The van der Waals surface area contributed by atoms with Crippen LogP contribution in [-0.2, 0) is 4.79 Å². The van der Waals surface area contributed by atoms with E-state index >= 15 is 0 Å². The van der Waals surface area contributed by atoms with Gasteiger partial charge < -0.3 is 5.11 Å².